The van der Waals surface area contributed by atoms with E-state index in [0.717, 1.165) is 94.8 Å². The zero-order chi connectivity index (χ0) is 33.9. The van der Waals surface area contributed by atoms with Crippen LogP contribution in [-0.2, 0) is 12.8 Å². The molecular formula is C41H66O5. The Morgan fingerprint density at radius 1 is 0.587 bits per heavy atom. The second-order valence-electron chi connectivity index (χ2n) is 13.3. The molecule has 0 bridgehead atoms. The van der Waals surface area contributed by atoms with Crippen molar-refractivity contribution in [2.24, 2.45) is 0 Å². The van der Waals surface area contributed by atoms with Crippen LogP contribution in [0.2, 0.25) is 0 Å². The summed E-state index contributed by atoms with van der Waals surface area (Å²) in [6.07, 6.45) is 14.5. The Morgan fingerprint density at radius 2 is 1.02 bits per heavy atom. The molecule has 5 nitrogen and oxygen atoms in total. The molecule has 2 aromatic rings. The predicted octanol–water partition coefficient (Wildman–Crippen LogP) is 11.9. The summed E-state index contributed by atoms with van der Waals surface area (Å²) < 4.78 is 26.1. The fourth-order valence-electron chi connectivity index (χ4n) is 5.71. The molecule has 260 valence electrons. The van der Waals surface area contributed by atoms with Gasteiger partial charge in [-0.15, -0.1) is 0 Å². The summed E-state index contributed by atoms with van der Waals surface area (Å²) in [5.74, 6) is 2.64. The zero-order valence-corrected chi connectivity index (χ0v) is 30.8. The van der Waals surface area contributed by atoms with Crippen LogP contribution < -0.4 is 18.9 Å². The van der Waals surface area contributed by atoms with E-state index in [1.165, 1.54) is 5.56 Å². The lowest BCUT2D eigenvalue weighted by Crippen LogP contribution is -2.20. The third-order valence-corrected chi connectivity index (χ3v) is 8.68. The number of carbonyl (C=O) groups is 1. The number of carbonyl (C=O) groups excluding carboxylic acids is 1. The quantitative estimate of drug-likeness (QED) is 0.101. The molecule has 2 aromatic carbocycles. The molecule has 0 aliphatic carbocycles. The van der Waals surface area contributed by atoms with E-state index in [1.54, 1.807) is 0 Å². The molecule has 5 heteroatoms. The number of ketones is 1. The lowest BCUT2D eigenvalue weighted by Gasteiger charge is -2.25. The molecule has 4 unspecified atom stereocenters. The van der Waals surface area contributed by atoms with Crippen molar-refractivity contribution in [3.63, 3.8) is 0 Å². The Hall–Kier alpha value is -2.69. The van der Waals surface area contributed by atoms with Gasteiger partial charge in [0, 0.05) is 6.42 Å². The maximum Gasteiger partial charge on any atom is 0.176 e. The van der Waals surface area contributed by atoms with Crippen molar-refractivity contribution in [3.05, 3.63) is 47.0 Å². The fraction of sp³-hybridized carbons (Fsp3) is 0.683. The Kier molecular flexibility index (Phi) is 18.9. The van der Waals surface area contributed by atoms with Crippen LogP contribution in [0, 0.1) is 0 Å². The Bertz CT molecular complexity index is 1140. The number of ether oxygens (including phenoxy) is 4. The molecule has 4 atom stereocenters. The van der Waals surface area contributed by atoms with Crippen molar-refractivity contribution in [2.45, 2.75) is 183 Å². The highest BCUT2D eigenvalue weighted by Crippen LogP contribution is 2.41. The number of rotatable bonds is 25. The fourth-order valence-corrected chi connectivity index (χ4v) is 5.71. The monoisotopic (exact) mass is 638 g/mol. The van der Waals surface area contributed by atoms with E-state index in [1.807, 2.05) is 12.1 Å². The van der Waals surface area contributed by atoms with Crippen molar-refractivity contribution in [1.29, 1.82) is 0 Å². The van der Waals surface area contributed by atoms with Gasteiger partial charge < -0.3 is 18.9 Å². The first kappa shape index (κ1) is 39.5. The topological polar surface area (TPSA) is 54.0 Å². The molecule has 0 spiro atoms. The van der Waals surface area contributed by atoms with Gasteiger partial charge in [-0.1, -0.05) is 98.1 Å². The van der Waals surface area contributed by atoms with Gasteiger partial charge in [-0.3, -0.25) is 4.79 Å². The van der Waals surface area contributed by atoms with Crippen molar-refractivity contribution < 1.29 is 23.7 Å². The van der Waals surface area contributed by atoms with E-state index >= 15 is 0 Å². The van der Waals surface area contributed by atoms with Gasteiger partial charge in [0.25, 0.3) is 0 Å². The standard InChI is InChI=1S/C41H66O5/c1-10-15-19-30(6)43-37-26-23-34(14-5)29-35(37)24-25-36(42)40-38(44-31(7)20-16-11-2)27-28-39(45-32(8)21-17-12-3)41(40)46-33(9)22-18-13-4/h23,26-33H,10-22,24-25H2,1-9H3. The first-order valence-electron chi connectivity index (χ1n) is 18.7. The molecule has 0 fully saturated rings. The molecule has 46 heavy (non-hydrogen) atoms. The molecule has 2 rings (SSSR count). The van der Waals surface area contributed by atoms with Crippen LogP contribution >= 0.6 is 0 Å². The molecule has 0 amide bonds. The summed E-state index contributed by atoms with van der Waals surface area (Å²) in [7, 11) is 0. The number of hydrogen-bond acceptors (Lipinski definition) is 5. The van der Waals surface area contributed by atoms with Crippen molar-refractivity contribution in [3.8, 4) is 23.0 Å². The Labute approximate surface area is 282 Å². The number of unbranched alkanes of at least 4 members (excludes halogenated alkanes) is 4. The van der Waals surface area contributed by atoms with Gasteiger partial charge in [0.1, 0.15) is 17.1 Å². The van der Waals surface area contributed by atoms with E-state index < -0.39 is 0 Å². The SMILES string of the molecule is CCCCC(C)Oc1ccc(CC)cc1CCC(=O)c1c(OC(C)CCCC)ccc(OC(C)CCCC)c1OC(C)CCCC. The van der Waals surface area contributed by atoms with Gasteiger partial charge in [-0.25, -0.2) is 0 Å². The number of aryl methyl sites for hydroxylation is 2. The van der Waals surface area contributed by atoms with Crippen LogP contribution in [0.25, 0.3) is 0 Å². The molecule has 0 saturated carbocycles. The van der Waals surface area contributed by atoms with Crippen LogP contribution in [0.3, 0.4) is 0 Å². The minimum absolute atomic E-state index is 0.00827. The molecule has 0 N–H and O–H groups in total. The minimum atomic E-state index is -0.0570. The maximum atomic E-state index is 14.4. The molecule has 0 aromatic heterocycles. The minimum Gasteiger partial charge on any atom is -0.490 e. The van der Waals surface area contributed by atoms with Crippen LogP contribution in [0.5, 0.6) is 23.0 Å². The largest absolute Gasteiger partial charge is 0.490 e. The van der Waals surface area contributed by atoms with Crippen LogP contribution in [-0.4, -0.2) is 30.2 Å². The van der Waals surface area contributed by atoms with Crippen LogP contribution in [0.4, 0.5) is 0 Å². The van der Waals surface area contributed by atoms with E-state index in [4.69, 9.17) is 18.9 Å². The number of benzene rings is 2. The highest BCUT2D eigenvalue weighted by atomic mass is 16.5. The highest BCUT2D eigenvalue weighted by molar-refractivity contribution is 6.02. The van der Waals surface area contributed by atoms with Gasteiger partial charge in [-0.2, -0.15) is 0 Å². The third kappa shape index (κ3) is 13.6. The second-order valence-corrected chi connectivity index (χ2v) is 13.3. The Balaban J connectivity index is 2.53. The average molecular weight is 639 g/mol. The van der Waals surface area contributed by atoms with E-state index in [0.29, 0.717) is 35.7 Å². The summed E-state index contributed by atoms with van der Waals surface area (Å²) >= 11 is 0. The van der Waals surface area contributed by atoms with Gasteiger partial charge in [-0.05, 0) is 95.5 Å². The lowest BCUT2D eigenvalue weighted by molar-refractivity contribution is 0.0962. The second kappa shape index (κ2) is 22.0. The summed E-state index contributed by atoms with van der Waals surface area (Å²) in [4.78, 5) is 14.4. The first-order chi connectivity index (χ1) is 22.2. The first-order valence-corrected chi connectivity index (χ1v) is 18.7. The lowest BCUT2D eigenvalue weighted by atomic mass is 9.98. The van der Waals surface area contributed by atoms with E-state index in [9.17, 15) is 4.79 Å². The summed E-state index contributed by atoms with van der Waals surface area (Å²) in [6, 6.07) is 10.3. The molecule has 0 aliphatic rings. The number of hydrogen-bond donors (Lipinski definition) is 0. The van der Waals surface area contributed by atoms with E-state index in [-0.39, 0.29) is 30.2 Å². The summed E-state index contributed by atoms with van der Waals surface area (Å²) in [5, 5.41) is 0. The molecule has 0 radical (unpaired) electrons. The van der Waals surface area contributed by atoms with Gasteiger partial charge in [0.15, 0.2) is 17.3 Å². The normalized spacial score (nSPS) is 13.9. The van der Waals surface area contributed by atoms with Gasteiger partial charge in [0.05, 0.1) is 24.4 Å². The maximum absolute atomic E-state index is 14.4. The van der Waals surface area contributed by atoms with Crippen LogP contribution in [0.1, 0.15) is 167 Å². The van der Waals surface area contributed by atoms with Crippen molar-refractivity contribution in [2.75, 3.05) is 0 Å². The smallest absolute Gasteiger partial charge is 0.176 e. The molecule has 0 saturated heterocycles. The number of Topliss-reactive ketones (excluding diaryl/α,β-unsaturated/α-hetero) is 1. The Morgan fingerprint density at radius 3 is 1.52 bits per heavy atom. The summed E-state index contributed by atoms with van der Waals surface area (Å²) in [5.41, 5.74) is 2.83. The van der Waals surface area contributed by atoms with Crippen molar-refractivity contribution >= 4 is 5.78 Å². The highest BCUT2D eigenvalue weighted by Gasteiger charge is 2.27. The third-order valence-electron chi connectivity index (χ3n) is 8.68. The zero-order valence-electron chi connectivity index (χ0n) is 30.8. The summed E-state index contributed by atoms with van der Waals surface area (Å²) in [6.45, 7) is 19.3. The molecule has 0 heterocycles. The van der Waals surface area contributed by atoms with E-state index in [2.05, 4.69) is 80.5 Å². The molecular weight excluding hydrogens is 572 g/mol. The van der Waals surface area contributed by atoms with Crippen molar-refractivity contribution in [1.82, 2.24) is 0 Å². The predicted molar refractivity (Wildman–Crippen MR) is 193 cm³/mol. The average Bonchev–Trinajstić information content (AvgIpc) is 3.04. The van der Waals surface area contributed by atoms with Crippen LogP contribution in [0.15, 0.2) is 30.3 Å². The molecule has 0 aliphatic heterocycles. The van der Waals surface area contributed by atoms with Gasteiger partial charge in [0.2, 0.25) is 0 Å². The van der Waals surface area contributed by atoms with Gasteiger partial charge >= 0.3 is 0 Å².